The van der Waals surface area contributed by atoms with Crippen LogP contribution in [-0.4, -0.2) is 6.04 Å². The first-order chi connectivity index (χ1) is 6.66. The van der Waals surface area contributed by atoms with Gasteiger partial charge in [-0.3, -0.25) is 0 Å². The molecule has 0 amide bonds. The van der Waals surface area contributed by atoms with Crippen molar-refractivity contribution in [3.63, 3.8) is 0 Å². The molecule has 1 atom stereocenters. The van der Waals surface area contributed by atoms with Crippen molar-refractivity contribution < 1.29 is 0 Å². The Morgan fingerprint density at radius 2 is 2.21 bits per heavy atom. The summed E-state index contributed by atoms with van der Waals surface area (Å²) in [5.74, 6) is 0.852. The lowest BCUT2D eigenvalue weighted by Crippen LogP contribution is -2.17. The summed E-state index contributed by atoms with van der Waals surface area (Å²) in [5, 5.41) is 4.29. The third-order valence-corrected chi connectivity index (χ3v) is 3.63. The summed E-state index contributed by atoms with van der Waals surface area (Å²) in [4.78, 5) is 0. The van der Waals surface area contributed by atoms with Crippen LogP contribution >= 0.6 is 34.2 Å². The number of benzene rings is 1. The van der Waals surface area contributed by atoms with Gasteiger partial charge in [0, 0.05) is 9.61 Å². The van der Waals surface area contributed by atoms with E-state index in [1.807, 2.05) is 6.07 Å². The van der Waals surface area contributed by atoms with Crippen molar-refractivity contribution in [3.8, 4) is 0 Å². The molecule has 0 heterocycles. The maximum Gasteiger partial charge on any atom is 0.0648 e. The van der Waals surface area contributed by atoms with E-state index >= 15 is 0 Å². The minimum Gasteiger partial charge on any atom is -0.381 e. The topological polar surface area (TPSA) is 12.0 Å². The first-order valence-electron chi connectivity index (χ1n) is 4.88. The van der Waals surface area contributed by atoms with Crippen LogP contribution in [0.25, 0.3) is 0 Å². The lowest BCUT2D eigenvalue weighted by Gasteiger charge is -2.15. The highest BCUT2D eigenvalue weighted by atomic mass is 127. The summed E-state index contributed by atoms with van der Waals surface area (Å²) in [7, 11) is 0. The molecular weight excluding hydrogens is 308 g/mol. The van der Waals surface area contributed by atoms with E-state index in [1.165, 1.54) is 16.4 Å². The van der Waals surface area contributed by atoms with Gasteiger partial charge in [0.25, 0.3) is 0 Å². The van der Waals surface area contributed by atoms with Gasteiger partial charge in [-0.05, 0) is 66.5 Å². The van der Waals surface area contributed by atoms with Crippen molar-refractivity contribution >= 4 is 39.9 Å². The van der Waals surface area contributed by atoms with E-state index in [0.29, 0.717) is 6.04 Å². The lowest BCUT2D eigenvalue weighted by molar-refractivity contribution is 0.694. The molecule has 14 heavy (non-hydrogen) atoms. The quantitative estimate of drug-likeness (QED) is 0.825. The number of hydrogen-bond donors (Lipinski definition) is 1. The highest BCUT2D eigenvalue weighted by Gasteiger charge is 2.27. The number of nitrogens with one attached hydrogen (secondary N) is 1. The van der Waals surface area contributed by atoms with E-state index in [9.17, 15) is 0 Å². The van der Waals surface area contributed by atoms with Crippen molar-refractivity contribution in [3.05, 3.63) is 26.8 Å². The molecule has 0 aromatic heterocycles. The molecule has 1 aliphatic rings. The fourth-order valence-electron chi connectivity index (χ4n) is 1.57. The van der Waals surface area contributed by atoms with Gasteiger partial charge < -0.3 is 5.32 Å². The van der Waals surface area contributed by atoms with Gasteiger partial charge in [0.05, 0.1) is 10.7 Å². The van der Waals surface area contributed by atoms with Crippen LogP contribution in [0.5, 0.6) is 0 Å². The largest absolute Gasteiger partial charge is 0.381 e. The summed E-state index contributed by atoms with van der Waals surface area (Å²) >= 11 is 8.40. The molecule has 1 unspecified atom stereocenters. The third kappa shape index (κ3) is 2.54. The van der Waals surface area contributed by atoms with Crippen LogP contribution < -0.4 is 5.32 Å². The zero-order chi connectivity index (χ0) is 10.1. The second-order valence-electron chi connectivity index (χ2n) is 3.89. The van der Waals surface area contributed by atoms with Crippen LogP contribution in [0, 0.1) is 9.49 Å². The van der Waals surface area contributed by atoms with Crippen molar-refractivity contribution in [1.82, 2.24) is 0 Å². The molecule has 1 aromatic carbocycles. The average molecular weight is 322 g/mol. The Kier molecular flexibility index (Phi) is 3.22. The van der Waals surface area contributed by atoms with Crippen molar-refractivity contribution in [2.24, 2.45) is 5.92 Å². The number of rotatable bonds is 3. The first-order valence-corrected chi connectivity index (χ1v) is 6.34. The predicted molar refractivity (Wildman–Crippen MR) is 70.0 cm³/mol. The van der Waals surface area contributed by atoms with Crippen LogP contribution in [0.3, 0.4) is 0 Å². The van der Waals surface area contributed by atoms with E-state index in [0.717, 1.165) is 16.6 Å². The minimum absolute atomic E-state index is 0.549. The summed E-state index contributed by atoms with van der Waals surface area (Å²) in [6.45, 7) is 2.23. The summed E-state index contributed by atoms with van der Waals surface area (Å²) in [5.41, 5.74) is 1.06. The van der Waals surface area contributed by atoms with Crippen LogP contribution in [0.4, 0.5) is 5.69 Å². The van der Waals surface area contributed by atoms with E-state index in [-0.39, 0.29) is 0 Å². The van der Waals surface area contributed by atoms with Crippen molar-refractivity contribution in [2.75, 3.05) is 5.32 Å². The molecule has 0 bridgehead atoms. The van der Waals surface area contributed by atoms with Crippen molar-refractivity contribution in [2.45, 2.75) is 25.8 Å². The molecular formula is C11H13ClIN. The normalized spacial score (nSPS) is 17.9. The average Bonchev–Trinajstić information content (AvgIpc) is 2.92. The predicted octanol–water partition coefficient (Wildman–Crippen LogP) is 4.16. The molecule has 1 aromatic rings. The fourth-order valence-corrected chi connectivity index (χ4v) is 2.48. The Bertz CT molecular complexity index is 336. The minimum atomic E-state index is 0.549. The standard InChI is InChI=1S/C11H13ClIN/c1-7(8-2-3-8)14-11-5-4-9(13)6-10(11)12/h4-8,14H,2-3H2,1H3. The number of halogens is 2. The molecule has 1 aliphatic carbocycles. The highest BCUT2D eigenvalue weighted by Crippen LogP contribution is 2.35. The Morgan fingerprint density at radius 1 is 1.50 bits per heavy atom. The number of anilines is 1. The molecule has 1 saturated carbocycles. The molecule has 0 saturated heterocycles. The Balaban J connectivity index is 2.07. The molecule has 1 N–H and O–H groups in total. The zero-order valence-corrected chi connectivity index (χ0v) is 11.0. The van der Waals surface area contributed by atoms with Gasteiger partial charge in [-0.15, -0.1) is 0 Å². The molecule has 0 aliphatic heterocycles. The van der Waals surface area contributed by atoms with E-state index < -0.39 is 0 Å². The highest BCUT2D eigenvalue weighted by molar-refractivity contribution is 14.1. The molecule has 3 heteroatoms. The monoisotopic (exact) mass is 321 g/mol. The van der Waals surface area contributed by atoms with E-state index in [4.69, 9.17) is 11.6 Å². The summed E-state index contributed by atoms with van der Waals surface area (Å²) in [6.07, 6.45) is 2.71. The first kappa shape index (κ1) is 10.6. The van der Waals surface area contributed by atoms with E-state index in [2.05, 4.69) is 47.0 Å². The molecule has 1 nitrogen and oxygen atoms in total. The molecule has 0 spiro atoms. The Morgan fingerprint density at radius 3 is 2.79 bits per heavy atom. The SMILES string of the molecule is CC(Nc1ccc(I)cc1Cl)C1CC1. The summed E-state index contributed by atoms with van der Waals surface area (Å²) in [6, 6.07) is 6.68. The van der Waals surface area contributed by atoms with Crippen LogP contribution in [0.1, 0.15) is 19.8 Å². The van der Waals surface area contributed by atoms with E-state index in [1.54, 1.807) is 0 Å². The second-order valence-corrected chi connectivity index (χ2v) is 5.55. The van der Waals surface area contributed by atoms with Crippen LogP contribution in [0.15, 0.2) is 18.2 Å². The lowest BCUT2D eigenvalue weighted by atomic mass is 10.2. The fraction of sp³-hybridized carbons (Fsp3) is 0.455. The van der Waals surface area contributed by atoms with Crippen LogP contribution in [0.2, 0.25) is 5.02 Å². The smallest absolute Gasteiger partial charge is 0.0648 e. The molecule has 1 fully saturated rings. The zero-order valence-electron chi connectivity index (χ0n) is 8.06. The molecule has 2 rings (SSSR count). The van der Waals surface area contributed by atoms with Crippen molar-refractivity contribution in [1.29, 1.82) is 0 Å². The molecule has 76 valence electrons. The van der Waals surface area contributed by atoms with Gasteiger partial charge in [0.15, 0.2) is 0 Å². The molecule has 0 radical (unpaired) electrons. The summed E-state index contributed by atoms with van der Waals surface area (Å²) < 4.78 is 1.18. The van der Waals surface area contributed by atoms with Gasteiger partial charge in [-0.2, -0.15) is 0 Å². The maximum atomic E-state index is 6.13. The Labute approximate surface area is 103 Å². The Hall–Kier alpha value is 0.0400. The number of hydrogen-bond acceptors (Lipinski definition) is 1. The maximum absolute atomic E-state index is 6.13. The van der Waals surface area contributed by atoms with Gasteiger partial charge in [0.1, 0.15) is 0 Å². The third-order valence-electron chi connectivity index (χ3n) is 2.64. The van der Waals surface area contributed by atoms with Gasteiger partial charge in [0.2, 0.25) is 0 Å². The van der Waals surface area contributed by atoms with Gasteiger partial charge in [-0.1, -0.05) is 11.6 Å². The van der Waals surface area contributed by atoms with Gasteiger partial charge in [-0.25, -0.2) is 0 Å². The van der Waals surface area contributed by atoms with Crippen LogP contribution in [-0.2, 0) is 0 Å². The van der Waals surface area contributed by atoms with Gasteiger partial charge >= 0.3 is 0 Å². The second kappa shape index (κ2) is 4.27.